The first-order chi connectivity index (χ1) is 19.5. The molecule has 1 aromatic heterocycles. The molecule has 2 N–H and O–H groups in total. The number of benzene rings is 3. The van der Waals surface area contributed by atoms with Crippen LogP contribution in [0.15, 0.2) is 85.5 Å². The number of piperidine rings is 1. The molecule has 0 radical (unpaired) electrons. The maximum Gasteiger partial charge on any atom is 0.254 e. The van der Waals surface area contributed by atoms with Crippen LogP contribution >= 0.6 is 11.6 Å². The van der Waals surface area contributed by atoms with Crippen molar-refractivity contribution in [3.8, 4) is 0 Å². The van der Waals surface area contributed by atoms with Gasteiger partial charge in [0.25, 0.3) is 5.91 Å². The number of carbonyl (C=O) groups is 1. The van der Waals surface area contributed by atoms with Gasteiger partial charge >= 0.3 is 0 Å². The summed E-state index contributed by atoms with van der Waals surface area (Å²) in [7, 11) is 1.94. The van der Waals surface area contributed by atoms with Gasteiger partial charge in [-0.05, 0) is 67.1 Å². The van der Waals surface area contributed by atoms with Crippen LogP contribution in [0.4, 0.5) is 5.95 Å². The second-order valence-electron chi connectivity index (χ2n) is 10.6. The number of hydrogen-bond acceptors (Lipinski definition) is 4. The van der Waals surface area contributed by atoms with E-state index < -0.39 is 0 Å². The Morgan fingerprint density at radius 3 is 2.60 bits per heavy atom. The SMILES string of the molecule is C=CCc1cccc2[nH]c(NC3CCN(C(C(CC)c4cccc(Cl)c4)N(C)C(=O)c4ccccc4)CC3)nc12. The van der Waals surface area contributed by atoms with Crippen molar-refractivity contribution in [1.82, 2.24) is 19.8 Å². The molecule has 3 aromatic carbocycles. The topological polar surface area (TPSA) is 64.3 Å². The fourth-order valence-electron chi connectivity index (χ4n) is 6.01. The van der Waals surface area contributed by atoms with Crippen LogP contribution in [0, 0.1) is 0 Å². The van der Waals surface area contributed by atoms with Crippen LogP contribution in [0.5, 0.6) is 0 Å². The Morgan fingerprint density at radius 2 is 1.90 bits per heavy atom. The van der Waals surface area contributed by atoms with E-state index in [1.165, 1.54) is 5.56 Å². The van der Waals surface area contributed by atoms with Crippen LogP contribution < -0.4 is 5.32 Å². The van der Waals surface area contributed by atoms with Crippen molar-refractivity contribution in [2.75, 3.05) is 25.5 Å². The van der Waals surface area contributed by atoms with Crippen LogP contribution in [-0.4, -0.2) is 58.0 Å². The fourth-order valence-corrected chi connectivity index (χ4v) is 6.21. The highest BCUT2D eigenvalue weighted by Gasteiger charge is 2.36. The molecular weight excluding hydrogens is 518 g/mol. The monoisotopic (exact) mass is 555 g/mol. The maximum atomic E-state index is 13.7. The average molecular weight is 556 g/mol. The molecule has 0 bridgehead atoms. The summed E-state index contributed by atoms with van der Waals surface area (Å²) in [6.45, 7) is 7.81. The number of aromatic amines is 1. The molecule has 5 rings (SSSR count). The number of imidazole rings is 1. The quantitative estimate of drug-likeness (QED) is 0.205. The van der Waals surface area contributed by atoms with Gasteiger partial charge in [0.1, 0.15) is 0 Å². The van der Waals surface area contributed by atoms with Crippen LogP contribution in [0.2, 0.25) is 5.02 Å². The number of likely N-dealkylation sites (tertiary alicyclic amines) is 1. The Kier molecular flexibility index (Phi) is 8.88. The minimum Gasteiger partial charge on any atom is -0.353 e. The lowest BCUT2D eigenvalue weighted by molar-refractivity contribution is 0.0201. The third kappa shape index (κ3) is 6.08. The van der Waals surface area contributed by atoms with E-state index in [1.54, 1.807) is 0 Å². The summed E-state index contributed by atoms with van der Waals surface area (Å²) in [4.78, 5) is 26.4. The molecule has 4 aromatic rings. The number of aromatic nitrogens is 2. The Labute approximate surface area is 242 Å². The molecule has 2 atom stereocenters. The van der Waals surface area contributed by atoms with Crippen molar-refractivity contribution in [2.24, 2.45) is 0 Å². The van der Waals surface area contributed by atoms with Gasteiger partial charge in [-0.1, -0.05) is 67.1 Å². The summed E-state index contributed by atoms with van der Waals surface area (Å²) in [6.07, 6.45) is 5.40. The molecular formula is C33H38ClN5O. The van der Waals surface area contributed by atoms with Crippen LogP contribution in [0.3, 0.4) is 0 Å². The van der Waals surface area contributed by atoms with E-state index in [9.17, 15) is 4.79 Å². The average Bonchev–Trinajstić information content (AvgIpc) is 3.40. The highest BCUT2D eigenvalue weighted by Crippen LogP contribution is 2.33. The first-order valence-electron chi connectivity index (χ1n) is 14.1. The molecule has 2 heterocycles. The summed E-state index contributed by atoms with van der Waals surface area (Å²) in [5.74, 6) is 0.965. The molecule has 40 heavy (non-hydrogen) atoms. The van der Waals surface area contributed by atoms with Gasteiger partial charge in [0.2, 0.25) is 5.95 Å². The number of anilines is 1. The van der Waals surface area contributed by atoms with Crippen molar-refractivity contribution in [1.29, 1.82) is 0 Å². The second-order valence-corrected chi connectivity index (χ2v) is 11.0. The van der Waals surface area contributed by atoms with E-state index in [2.05, 4.69) is 53.0 Å². The van der Waals surface area contributed by atoms with Gasteiger partial charge in [0, 0.05) is 42.7 Å². The van der Waals surface area contributed by atoms with Gasteiger partial charge in [-0.3, -0.25) is 9.69 Å². The van der Waals surface area contributed by atoms with E-state index in [-0.39, 0.29) is 18.0 Å². The zero-order valence-corrected chi connectivity index (χ0v) is 24.1. The predicted octanol–water partition coefficient (Wildman–Crippen LogP) is 7.11. The second kappa shape index (κ2) is 12.7. The third-order valence-corrected chi connectivity index (χ3v) is 8.25. The molecule has 208 valence electrons. The van der Waals surface area contributed by atoms with Crippen LogP contribution in [-0.2, 0) is 6.42 Å². The Hall–Kier alpha value is -3.61. The molecule has 1 saturated heterocycles. The Bertz CT molecular complexity index is 1440. The Balaban J connectivity index is 1.35. The lowest BCUT2D eigenvalue weighted by atomic mass is 9.90. The minimum absolute atomic E-state index is 0.0314. The molecule has 0 aliphatic carbocycles. The van der Waals surface area contributed by atoms with Crippen LogP contribution in [0.1, 0.15) is 53.6 Å². The van der Waals surface area contributed by atoms with Crippen molar-refractivity contribution >= 4 is 34.5 Å². The molecule has 1 amide bonds. The number of fused-ring (bicyclic) bond motifs is 1. The first kappa shape index (κ1) is 27.9. The number of H-pyrrole nitrogens is 1. The molecule has 1 aliphatic heterocycles. The zero-order valence-electron chi connectivity index (χ0n) is 23.3. The van der Waals surface area contributed by atoms with Crippen LogP contribution in [0.25, 0.3) is 11.0 Å². The summed E-state index contributed by atoms with van der Waals surface area (Å²) in [6, 6.07) is 24.1. The number of carbonyl (C=O) groups excluding carboxylic acids is 1. The molecule has 7 heteroatoms. The third-order valence-electron chi connectivity index (χ3n) is 8.02. The van der Waals surface area contributed by atoms with Gasteiger partial charge in [0.15, 0.2) is 0 Å². The molecule has 0 spiro atoms. The van der Waals surface area contributed by atoms with Gasteiger partial charge in [0.05, 0.1) is 17.2 Å². The van der Waals surface area contributed by atoms with E-state index in [0.717, 1.165) is 66.3 Å². The van der Waals surface area contributed by atoms with Gasteiger partial charge in [-0.25, -0.2) is 4.98 Å². The lowest BCUT2D eigenvalue weighted by Gasteiger charge is -2.45. The van der Waals surface area contributed by atoms with E-state index in [1.807, 2.05) is 66.6 Å². The minimum atomic E-state index is -0.0928. The first-order valence-corrected chi connectivity index (χ1v) is 14.5. The number of amides is 1. The maximum absolute atomic E-state index is 13.7. The highest BCUT2D eigenvalue weighted by molar-refractivity contribution is 6.30. The number of nitrogens with zero attached hydrogens (tertiary/aromatic N) is 3. The van der Waals surface area contributed by atoms with E-state index in [4.69, 9.17) is 16.6 Å². The lowest BCUT2D eigenvalue weighted by Crippen LogP contribution is -2.55. The largest absolute Gasteiger partial charge is 0.353 e. The fraction of sp³-hybridized carbons (Fsp3) is 0.333. The van der Waals surface area contributed by atoms with Gasteiger partial charge in [-0.2, -0.15) is 0 Å². The number of likely N-dealkylation sites (N-methyl/N-ethyl adjacent to an activating group) is 1. The Morgan fingerprint density at radius 1 is 1.15 bits per heavy atom. The molecule has 2 unspecified atom stereocenters. The molecule has 1 fully saturated rings. The summed E-state index contributed by atoms with van der Waals surface area (Å²) in [5.41, 5.74) is 5.06. The number of allylic oxidation sites excluding steroid dienone is 1. The number of para-hydroxylation sites is 1. The highest BCUT2D eigenvalue weighted by atomic mass is 35.5. The van der Waals surface area contributed by atoms with E-state index in [0.29, 0.717) is 11.6 Å². The standard InChI is InChI=1S/C33H38ClN5O/c1-4-11-23-14-10-17-29-30(23)37-33(36-29)35-27-18-20-39(21-19-27)31(28(5-2)25-15-9-16-26(34)22-25)38(3)32(40)24-12-7-6-8-13-24/h4,6-10,12-17,22,27-28,31H,1,5,11,18-21H2,2-3H3,(H2,35,36,37). The van der Waals surface area contributed by atoms with Crippen molar-refractivity contribution < 1.29 is 4.79 Å². The molecule has 0 saturated carbocycles. The normalized spacial score (nSPS) is 16.0. The number of nitrogens with one attached hydrogen (secondary N) is 2. The molecule has 6 nitrogen and oxygen atoms in total. The zero-order chi connectivity index (χ0) is 28.1. The molecule has 1 aliphatic rings. The van der Waals surface area contributed by atoms with Crippen molar-refractivity contribution in [2.45, 2.75) is 50.7 Å². The smallest absolute Gasteiger partial charge is 0.254 e. The summed E-state index contributed by atoms with van der Waals surface area (Å²) >= 11 is 6.41. The number of hydrogen-bond donors (Lipinski definition) is 2. The van der Waals surface area contributed by atoms with E-state index >= 15 is 0 Å². The number of rotatable bonds is 10. The van der Waals surface area contributed by atoms with Gasteiger partial charge < -0.3 is 15.2 Å². The summed E-state index contributed by atoms with van der Waals surface area (Å²) < 4.78 is 0. The summed E-state index contributed by atoms with van der Waals surface area (Å²) in [5, 5.41) is 4.36. The van der Waals surface area contributed by atoms with Crippen molar-refractivity contribution in [3.05, 3.63) is 107 Å². The predicted molar refractivity (Wildman–Crippen MR) is 165 cm³/mol. The number of halogens is 1. The van der Waals surface area contributed by atoms with Gasteiger partial charge in [-0.15, -0.1) is 6.58 Å². The van der Waals surface area contributed by atoms with Crippen molar-refractivity contribution in [3.63, 3.8) is 0 Å².